The van der Waals surface area contributed by atoms with E-state index in [1.165, 1.54) is 6.92 Å². The first-order valence-electron chi connectivity index (χ1n) is 7.08. The number of ketones is 1. The van der Waals surface area contributed by atoms with Crippen molar-refractivity contribution in [3.8, 4) is 11.5 Å². The van der Waals surface area contributed by atoms with Gasteiger partial charge in [0.05, 0.1) is 12.5 Å². The van der Waals surface area contributed by atoms with Crippen LogP contribution in [-0.2, 0) is 17.8 Å². The van der Waals surface area contributed by atoms with Crippen LogP contribution in [0.4, 0.5) is 0 Å². The van der Waals surface area contributed by atoms with E-state index >= 15 is 0 Å². The topological polar surface area (TPSA) is 35.5 Å². The van der Waals surface area contributed by atoms with Gasteiger partial charge in [0.1, 0.15) is 12.4 Å². The summed E-state index contributed by atoms with van der Waals surface area (Å²) in [6, 6.07) is 15.5. The zero-order valence-electron chi connectivity index (χ0n) is 12.7. The Hall–Kier alpha value is -2.00. The maximum absolute atomic E-state index is 11.3. The number of benzene rings is 2. The third kappa shape index (κ3) is 4.50. The Morgan fingerprint density at radius 1 is 1.09 bits per heavy atom. The molecule has 0 aliphatic rings. The monoisotopic (exact) mass is 318 g/mol. The van der Waals surface area contributed by atoms with Crippen LogP contribution in [0.15, 0.2) is 48.5 Å². The number of ether oxygens (including phenoxy) is 2. The maximum Gasteiger partial charge on any atom is 0.161 e. The average molecular weight is 319 g/mol. The minimum Gasteiger partial charge on any atom is -0.493 e. The standard InChI is InChI=1S/C18H19ClO3/c1-13(20)16(19)10-15-8-9-17(21-2)18(11-15)22-12-14-6-4-3-5-7-14/h3-9,11,16H,10,12H2,1-2H3. The highest BCUT2D eigenvalue weighted by molar-refractivity contribution is 6.30. The van der Waals surface area contributed by atoms with E-state index in [9.17, 15) is 4.79 Å². The van der Waals surface area contributed by atoms with Gasteiger partial charge in [0.2, 0.25) is 0 Å². The summed E-state index contributed by atoms with van der Waals surface area (Å²) in [7, 11) is 1.60. The van der Waals surface area contributed by atoms with Crippen molar-refractivity contribution < 1.29 is 14.3 Å². The van der Waals surface area contributed by atoms with E-state index in [2.05, 4.69) is 0 Å². The van der Waals surface area contributed by atoms with Crippen LogP contribution in [0.3, 0.4) is 0 Å². The number of rotatable bonds is 7. The molecule has 1 atom stereocenters. The summed E-state index contributed by atoms with van der Waals surface area (Å²) < 4.78 is 11.2. The second-order valence-electron chi connectivity index (χ2n) is 5.04. The SMILES string of the molecule is COc1ccc(CC(Cl)C(C)=O)cc1OCc1ccccc1. The summed E-state index contributed by atoms with van der Waals surface area (Å²) in [5.41, 5.74) is 2.02. The third-order valence-electron chi connectivity index (χ3n) is 3.32. The van der Waals surface area contributed by atoms with E-state index < -0.39 is 5.38 Å². The van der Waals surface area contributed by atoms with Crippen molar-refractivity contribution >= 4 is 17.4 Å². The highest BCUT2D eigenvalue weighted by atomic mass is 35.5. The van der Waals surface area contributed by atoms with Crippen molar-refractivity contribution in [2.45, 2.75) is 25.3 Å². The summed E-state index contributed by atoms with van der Waals surface area (Å²) in [6.45, 7) is 1.95. The molecule has 0 amide bonds. The molecule has 0 N–H and O–H groups in total. The summed E-state index contributed by atoms with van der Waals surface area (Å²) in [5.74, 6) is 1.27. The van der Waals surface area contributed by atoms with E-state index in [1.54, 1.807) is 7.11 Å². The van der Waals surface area contributed by atoms with Crippen LogP contribution in [-0.4, -0.2) is 18.3 Å². The Labute approximate surface area is 135 Å². The molecule has 2 aromatic rings. The van der Waals surface area contributed by atoms with Gasteiger partial charge in [0.25, 0.3) is 0 Å². The van der Waals surface area contributed by atoms with Gasteiger partial charge in [-0.3, -0.25) is 4.79 Å². The van der Waals surface area contributed by atoms with E-state index in [1.807, 2.05) is 48.5 Å². The molecule has 0 heterocycles. The first kappa shape index (κ1) is 16.4. The normalized spacial score (nSPS) is 11.8. The molecule has 0 saturated carbocycles. The van der Waals surface area contributed by atoms with Crippen LogP contribution in [0, 0.1) is 0 Å². The van der Waals surface area contributed by atoms with E-state index in [4.69, 9.17) is 21.1 Å². The van der Waals surface area contributed by atoms with Gasteiger partial charge in [-0.2, -0.15) is 0 Å². The molecule has 1 unspecified atom stereocenters. The Morgan fingerprint density at radius 2 is 1.82 bits per heavy atom. The van der Waals surface area contributed by atoms with E-state index in [0.29, 0.717) is 24.5 Å². The molecule has 22 heavy (non-hydrogen) atoms. The van der Waals surface area contributed by atoms with Crippen LogP contribution < -0.4 is 9.47 Å². The molecule has 0 spiro atoms. The fraction of sp³-hybridized carbons (Fsp3) is 0.278. The lowest BCUT2D eigenvalue weighted by atomic mass is 10.1. The lowest BCUT2D eigenvalue weighted by molar-refractivity contribution is -0.116. The van der Waals surface area contributed by atoms with Gasteiger partial charge < -0.3 is 9.47 Å². The molecule has 0 aromatic heterocycles. The fourth-order valence-corrected chi connectivity index (χ4v) is 2.23. The van der Waals surface area contributed by atoms with Crippen molar-refractivity contribution in [3.05, 3.63) is 59.7 Å². The highest BCUT2D eigenvalue weighted by Crippen LogP contribution is 2.29. The Morgan fingerprint density at radius 3 is 2.45 bits per heavy atom. The number of hydrogen-bond acceptors (Lipinski definition) is 3. The molecule has 0 fully saturated rings. The molecule has 2 rings (SSSR count). The quantitative estimate of drug-likeness (QED) is 0.723. The predicted molar refractivity (Wildman–Crippen MR) is 87.8 cm³/mol. The molecule has 0 saturated heterocycles. The van der Waals surface area contributed by atoms with Crippen LogP contribution in [0.2, 0.25) is 0 Å². The van der Waals surface area contributed by atoms with Crippen LogP contribution in [0.25, 0.3) is 0 Å². The van der Waals surface area contributed by atoms with E-state index in [0.717, 1.165) is 11.1 Å². The van der Waals surface area contributed by atoms with Crippen molar-refractivity contribution in [1.82, 2.24) is 0 Å². The maximum atomic E-state index is 11.3. The summed E-state index contributed by atoms with van der Waals surface area (Å²) in [6.07, 6.45) is 0.475. The van der Waals surface area contributed by atoms with Gasteiger partial charge >= 0.3 is 0 Å². The third-order valence-corrected chi connectivity index (χ3v) is 3.78. The van der Waals surface area contributed by atoms with Gasteiger partial charge in [-0.05, 0) is 36.6 Å². The number of Topliss-reactive ketones (excluding diaryl/α,β-unsaturated/α-hetero) is 1. The number of halogens is 1. The molecule has 116 valence electrons. The van der Waals surface area contributed by atoms with Crippen molar-refractivity contribution in [3.63, 3.8) is 0 Å². The second-order valence-corrected chi connectivity index (χ2v) is 5.57. The van der Waals surface area contributed by atoms with Crippen LogP contribution >= 0.6 is 11.6 Å². The van der Waals surface area contributed by atoms with Gasteiger partial charge in [-0.25, -0.2) is 0 Å². The number of methoxy groups -OCH3 is 1. The van der Waals surface area contributed by atoms with Crippen LogP contribution in [0.5, 0.6) is 11.5 Å². The average Bonchev–Trinajstić information content (AvgIpc) is 2.54. The summed E-state index contributed by atoms with van der Waals surface area (Å²) >= 11 is 6.03. The van der Waals surface area contributed by atoms with Crippen LogP contribution in [0.1, 0.15) is 18.1 Å². The smallest absolute Gasteiger partial charge is 0.161 e. The molecule has 0 aliphatic heterocycles. The first-order chi connectivity index (χ1) is 10.6. The zero-order chi connectivity index (χ0) is 15.9. The second kappa shape index (κ2) is 7.85. The molecule has 2 aromatic carbocycles. The number of carbonyl (C=O) groups excluding carboxylic acids is 1. The lowest BCUT2D eigenvalue weighted by Gasteiger charge is -2.13. The molecular weight excluding hydrogens is 300 g/mol. The summed E-state index contributed by atoms with van der Waals surface area (Å²) in [5, 5.41) is -0.518. The number of hydrogen-bond donors (Lipinski definition) is 0. The van der Waals surface area contributed by atoms with Crippen molar-refractivity contribution in [1.29, 1.82) is 0 Å². The molecule has 0 bridgehead atoms. The van der Waals surface area contributed by atoms with Gasteiger partial charge in [-0.15, -0.1) is 11.6 Å². The number of alkyl halides is 1. The Balaban J connectivity index is 2.12. The van der Waals surface area contributed by atoms with E-state index in [-0.39, 0.29) is 5.78 Å². The largest absolute Gasteiger partial charge is 0.493 e. The molecule has 3 nitrogen and oxygen atoms in total. The lowest BCUT2D eigenvalue weighted by Crippen LogP contribution is -2.13. The van der Waals surface area contributed by atoms with Crippen molar-refractivity contribution in [2.75, 3.05) is 7.11 Å². The van der Waals surface area contributed by atoms with Crippen molar-refractivity contribution in [2.24, 2.45) is 0 Å². The van der Waals surface area contributed by atoms with Gasteiger partial charge in [-0.1, -0.05) is 36.4 Å². The molecule has 4 heteroatoms. The molecule has 0 radical (unpaired) electrons. The van der Waals surface area contributed by atoms with Gasteiger partial charge in [0, 0.05) is 0 Å². The minimum absolute atomic E-state index is 0.0377. The predicted octanol–water partition coefficient (Wildman–Crippen LogP) is 4.01. The number of carbonyl (C=O) groups is 1. The molecular formula is C18H19ClO3. The fourth-order valence-electron chi connectivity index (χ4n) is 2.05. The highest BCUT2D eigenvalue weighted by Gasteiger charge is 2.13. The minimum atomic E-state index is -0.518. The summed E-state index contributed by atoms with van der Waals surface area (Å²) in [4.78, 5) is 11.3. The first-order valence-corrected chi connectivity index (χ1v) is 7.52. The van der Waals surface area contributed by atoms with Gasteiger partial charge in [0.15, 0.2) is 11.5 Å². The zero-order valence-corrected chi connectivity index (χ0v) is 13.5. The Bertz CT molecular complexity index is 625. The molecule has 0 aliphatic carbocycles. The Kier molecular flexibility index (Phi) is 5.84.